The normalized spacial score (nSPS) is 11.4. The number of amides is 1. The van der Waals surface area contributed by atoms with E-state index in [-0.39, 0.29) is 5.91 Å². The standard InChI is InChI=1S/C19H21Cl2N3O2S2/c1-11-6-7-13(26-4)15-16(11)28-19(22-15)24(9-5-8-23(2)3)18(25)12-10-14(20)27-17(12)21/h6-7,10H,5,8-9H2,1-4H3. The first-order valence-corrected chi connectivity index (χ1v) is 11.1. The second-order valence-electron chi connectivity index (χ2n) is 6.61. The molecule has 0 spiro atoms. The number of ether oxygens (including phenoxy) is 1. The Labute approximate surface area is 182 Å². The number of carbonyl (C=O) groups is 1. The van der Waals surface area contributed by atoms with Gasteiger partial charge < -0.3 is 9.64 Å². The average molecular weight is 458 g/mol. The molecule has 3 rings (SSSR count). The van der Waals surface area contributed by atoms with Gasteiger partial charge in [0.1, 0.15) is 15.6 Å². The van der Waals surface area contributed by atoms with Crippen LogP contribution in [0.4, 0.5) is 5.13 Å². The molecule has 3 aromatic rings. The maximum absolute atomic E-state index is 13.3. The first kappa shape index (κ1) is 21.3. The Balaban J connectivity index is 2.03. The van der Waals surface area contributed by atoms with E-state index in [9.17, 15) is 4.79 Å². The zero-order chi connectivity index (χ0) is 20.4. The van der Waals surface area contributed by atoms with Gasteiger partial charge in [-0.2, -0.15) is 0 Å². The lowest BCUT2D eigenvalue weighted by atomic mass is 10.2. The molecule has 0 unspecified atom stereocenters. The Morgan fingerprint density at radius 2 is 1.96 bits per heavy atom. The van der Waals surface area contributed by atoms with Crippen LogP contribution < -0.4 is 9.64 Å². The van der Waals surface area contributed by atoms with Crippen LogP contribution in [0.1, 0.15) is 22.3 Å². The Hall–Kier alpha value is -1.38. The van der Waals surface area contributed by atoms with Gasteiger partial charge >= 0.3 is 0 Å². The Morgan fingerprint density at radius 3 is 2.57 bits per heavy atom. The van der Waals surface area contributed by atoms with E-state index in [0.29, 0.717) is 31.7 Å². The van der Waals surface area contributed by atoms with Gasteiger partial charge in [0.15, 0.2) is 5.13 Å². The lowest BCUT2D eigenvalue weighted by molar-refractivity contribution is 0.0986. The number of anilines is 1. The molecule has 1 amide bonds. The van der Waals surface area contributed by atoms with Gasteiger partial charge in [-0.05, 0) is 51.7 Å². The number of thiophene rings is 1. The minimum absolute atomic E-state index is 0.192. The third-order valence-electron chi connectivity index (χ3n) is 4.26. The highest BCUT2D eigenvalue weighted by Gasteiger charge is 2.25. The number of halogens is 2. The van der Waals surface area contributed by atoms with E-state index >= 15 is 0 Å². The SMILES string of the molecule is COc1ccc(C)c2sc(N(CCCN(C)C)C(=O)c3cc(Cl)sc3Cl)nc12. The van der Waals surface area contributed by atoms with Crippen LogP contribution in [0.5, 0.6) is 5.75 Å². The summed E-state index contributed by atoms with van der Waals surface area (Å²) in [5.41, 5.74) is 2.27. The van der Waals surface area contributed by atoms with Gasteiger partial charge in [0.25, 0.3) is 5.91 Å². The predicted molar refractivity (Wildman–Crippen MR) is 120 cm³/mol. The molecule has 0 radical (unpaired) electrons. The number of nitrogens with zero attached hydrogens (tertiary/aromatic N) is 3. The van der Waals surface area contributed by atoms with Gasteiger partial charge in [0.05, 0.1) is 21.7 Å². The monoisotopic (exact) mass is 457 g/mol. The van der Waals surface area contributed by atoms with Gasteiger partial charge in [-0.3, -0.25) is 9.69 Å². The zero-order valence-corrected chi connectivity index (χ0v) is 19.2. The van der Waals surface area contributed by atoms with Gasteiger partial charge in [0, 0.05) is 6.54 Å². The van der Waals surface area contributed by atoms with Crippen molar-refractivity contribution in [3.63, 3.8) is 0 Å². The van der Waals surface area contributed by atoms with Crippen LogP contribution in [-0.2, 0) is 0 Å². The molecule has 9 heteroatoms. The molecule has 5 nitrogen and oxygen atoms in total. The lowest BCUT2D eigenvalue weighted by Gasteiger charge is -2.20. The fourth-order valence-corrected chi connectivity index (χ4v) is 5.36. The highest BCUT2D eigenvalue weighted by Crippen LogP contribution is 2.38. The van der Waals surface area contributed by atoms with E-state index in [1.807, 2.05) is 33.2 Å². The first-order valence-electron chi connectivity index (χ1n) is 8.67. The molecule has 1 aromatic carbocycles. The molecule has 28 heavy (non-hydrogen) atoms. The summed E-state index contributed by atoms with van der Waals surface area (Å²) < 4.78 is 7.34. The predicted octanol–water partition coefficient (Wildman–Crippen LogP) is 5.58. The molecule has 0 bridgehead atoms. The molecule has 0 fully saturated rings. The summed E-state index contributed by atoms with van der Waals surface area (Å²) in [7, 11) is 5.64. The summed E-state index contributed by atoms with van der Waals surface area (Å²) in [6.07, 6.45) is 0.806. The van der Waals surface area contributed by atoms with Gasteiger partial charge in [-0.1, -0.05) is 40.6 Å². The summed E-state index contributed by atoms with van der Waals surface area (Å²) in [5, 5.41) is 0.629. The first-order chi connectivity index (χ1) is 13.3. The van der Waals surface area contributed by atoms with Crippen LogP contribution in [0, 0.1) is 6.92 Å². The Morgan fingerprint density at radius 1 is 1.21 bits per heavy atom. The molecular weight excluding hydrogens is 437 g/mol. The van der Waals surface area contributed by atoms with E-state index in [1.165, 1.54) is 22.7 Å². The molecule has 2 aromatic heterocycles. The number of fused-ring (bicyclic) bond motifs is 1. The third-order valence-corrected chi connectivity index (χ3v) is 6.96. The minimum atomic E-state index is -0.192. The topological polar surface area (TPSA) is 45.7 Å². The number of aromatic nitrogens is 1. The number of thiazole rings is 1. The Kier molecular flexibility index (Phi) is 6.83. The van der Waals surface area contributed by atoms with Crippen molar-refractivity contribution in [2.45, 2.75) is 13.3 Å². The number of aryl methyl sites for hydroxylation is 1. The van der Waals surface area contributed by atoms with Crippen molar-refractivity contribution in [2.75, 3.05) is 39.2 Å². The number of benzene rings is 1. The van der Waals surface area contributed by atoms with E-state index in [0.717, 1.165) is 28.7 Å². The molecule has 2 heterocycles. The zero-order valence-electron chi connectivity index (χ0n) is 16.1. The molecule has 0 aliphatic heterocycles. The van der Waals surface area contributed by atoms with Crippen molar-refractivity contribution in [3.8, 4) is 5.75 Å². The quantitative estimate of drug-likeness (QED) is 0.464. The number of methoxy groups -OCH3 is 1. The van der Waals surface area contributed by atoms with Gasteiger partial charge in [-0.25, -0.2) is 4.98 Å². The molecule has 0 N–H and O–H groups in total. The van der Waals surface area contributed by atoms with E-state index in [2.05, 4.69) is 4.90 Å². The molecule has 0 saturated heterocycles. The number of carbonyl (C=O) groups excluding carboxylic acids is 1. The molecule has 0 saturated carbocycles. The summed E-state index contributed by atoms with van der Waals surface area (Å²) >= 11 is 15.0. The number of hydrogen-bond acceptors (Lipinski definition) is 6. The van der Waals surface area contributed by atoms with Crippen molar-refractivity contribution < 1.29 is 9.53 Å². The fraction of sp³-hybridized carbons (Fsp3) is 0.368. The van der Waals surface area contributed by atoms with Crippen LogP contribution in [0.15, 0.2) is 18.2 Å². The number of hydrogen-bond donors (Lipinski definition) is 0. The van der Waals surface area contributed by atoms with Crippen molar-refractivity contribution in [3.05, 3.63) is 38.0 Å². The summed E-state index contributed by atoms with van der Waals surface area (Å²) in [6.45, 7) is 3.41. The second-order valence-corrected chi connectivity index (χ2v) is 9.87. The summed E-state index contributed by atoms with van der Waals surface area (Å²) in [5.74, 6) is 0.503. The smallest absolute Gasteiger partial charge is 0.262 e. The van der Waals surface area contributed by atoms with E-state index < -0.39 is 0 Å². The van der Waals surface area contributed by atoms with Crippen LogP contribution in [0.25, 0.3) is 10.2 Å². The maximum Gasteiger partial charge on any atom is 0.262 e. The summed E-state index contributed by atoms with van der Waals surface area (Å²) in [4.78, 5) is 21.8. The van der Waals surface area contributed by atoms with E-state index in [1.54, 1.807) is 18.1 Å². The van der Waals surface area contributed by atoms with Crippen LogP contribution >= 0.6 is 45.9 Å². The molecule has 0 aliphatic rings. The van der Waals surface area contributed by atoms with Crippen LogP contribution in [-0.4, -0.2) is 50.1 Å². The van der Waals surface area contributed by atoms with E-state index in [4.69, 9.17) is 32.9 Å². The Bertz CT molecular complexity index is 1000. The van der Waals surface area contributed by atoms with Crippen LogP contribution in [0.3, 0.4) is 0 Å². The van der Waals surface area contributed by atoms with Crippen molar-refractivity contribution >= 4 is 67.1 Å². The van der Waals surface area contributed by atoms with Crippen molar-refractivity contribution in [1.29, 1.82) is 0 Å². The fourth-order valence-electron chi connectivity index (χ4n) is 2.84. The van der Waals surface area contributed by atoms with Gasteiger partial charge in [0.2, 0.25) is 0 Å². The van der Waals surface area contributed by atoms with Crippen LogP contribution in [0.2, 0.25) is 8.67 Å². The third kappa shape index (κ3) is 4.44. The van der Waals surface area contributed by atoms with Crippen molar-refractivity contribution in [2.24, 2.45) is 0 Å². The maximum atomic E-state index is 13.3. The van der Waals surface area contributed by atoms with Crippen molar-refractivity contribution in [1.82, 2.24) is 9.88 Å². The molecule has 0 aliphatic carbocycles. The van der Waals surface area contributed by atoms with Gasteiger partial charge in [-0.15, -0.1) is 11.3 Å². The molecule has 0 atom stereocenters. The minimum Gasteiger partial charge on any atom is -0.494 e. The lowest BCUT2D eigenvalue weighted by Crippen LogP contribution is -2.33. The number of rotatable bonds is 7. The highest BCUT2D eigenvalue weighted by molar-refractivity contribution is 7.22. The highest BCUT2D eigenvalue weighted by atomic mass is 35.5. The molecular formula is C19H21Cl2N3O2S2. The summed E-state index contributed by atoms with van der Waals surface area (Å²) in [6, 6.07) is 5.51. The average Bonchev–Trinajstić information content (AvgIpc) is 3.22. The largest absolute Gasteiger partial charge is 0.494 e. The molecule has 150 valence electrons. The second kappa shape index (κ2) is 8.97.